The van der Waals surface area contributed by atoms with Gasteiger partial charge < -0.3 is 4.74 Å². The zero-order chi connectivity index (χ0) is 7.94. The van der Waals surface area contributed by atoms with Crippen LogP contribution in [0.2, 0.25) is 0 Å². The quantitative estimate of drug-likeness (QED) is 0.568. The Bertz CT molecular complexity index is 191. The molecule has 1 aromatic heterocycles. The summed E-state index contributed by atoms with van der Waals surface area (Å²) < 4.78 is 5.38. The molecular weight excluding hydrogens is 206 g/mol. The largest absolute Gasteiger partial charge is 0.493 e. The van der Waals surface area contributed by atoms with E-state index in [2.05, 4.69) is 20.9 Å². The molecular formula is C8H10BrNO. The highest BCUT2D eigenvalue weighted by molar-refractivity contribution is 9.09. The van der Waals surface area contributed by atoms with Crippen LogP contribution >= 0.6 is 15.9 Å². The number of hydrogen-bond donors (Lipinski definition) is 0. The van der Waals surface area contributed by atoms with Crippen LogP contribution in [-0.4, -0.2) is 16.9 Å². The predicted molar refractivity (Wildman–Crippen MR) is 48.1 cm³/mol. The second-order valence-electron chi connectivity index (χ2n) is 2.07. The number of hydrogen-bond acceptors (Lipinski definition) is 2. The summed E-state index contributed by atoms with van der Waals surface area (Å²) in [6.07, 6.45) is 4.48. The lowest BCUT2D eigenvalue weighted by Gasteiger charge is -2.02. The first-order chi connectivity index (χ1) is 5.43. The highest BCUT2D eigenvalue weighted by Gasteiger charge is 1.89. The SMILES string of the molecule is BrCCCOc1ccncc1. The first-order valence-electron chi connectivity index (χ1n) is 3.52. The van der Waals surface area contributed by atoms with Gasteiger partial charge >= 0.3 is 0 Å². The van der Waals surface area contributed by atoms with E-state index < -0.39 is 0 Å². The number of aromatic nitrogens is 1. The van der Waals surface area contributed by atoms with Crippen LogP contribution < -0.4 is 4.74 Å². The maximum Gasteiger partial charge on any atom is 0.122 e. The summed E-state index contributed by atoms with van der Waals surface area (Å²) in [7, 11) is 0. The van der Waals surface area contributed by atoms with E-state index in [1.165, 1.54) is 0 Å². The molecule has 0 amide bonds. The van der Waals surface area contributed by atoms with E-state index in [4.69, 9.17) is 4.74 Å². The van der Waals surface area contributed by atoms with Crippen molar-refractivity contribution in [3.8, 4) is 5.75 Å². The van der Waals surface area contributed by atoms with Crippen LogP contribution in [-0.2, 0) is 0 Å². The van der Waals surface area contributed by atoms with Gasteiger partial charge in [0.05, 0.1) is 6.61 Å². The fourth-order valence-electron chi connectivity index (χ4n) is 0.679. The Kier molecular flexibility index (Phi) is 3.98. The summed E-state index contributed by atoms with van der Waals surface area (Å²) in [6, 6.07) is 3.71. The van der Waals surface area contributed by atoms with E-state index in [1.54, 1.807) is 12.4 Å². The maximum atomic E-state index is 5.38. The summed E-state index contributed by atoms with van der Waals surface area (Å²) in [5.74, 6) is 0.890. The van der Waals surface area contributed by atoms with Crippen molar-refractivity contribution in [2.75, 3.05) is 11.9 Å². The molecule has 0 aliphatic carbocycles. The van der Waals surface area contributed by atoms with Crippen LogP contribution in [0, 0.1) is 0 Å². The van der Waals surface area contributed by atoms with Crippen molar-refractivity contribution in [1.82, 2.24) is 4.98 Å². The third-order valence-corrected chi connectivity index (χ3v) is 1.76. The van der Waals surface area contributed by atoms with Crippen molar-refractivity contribution in [2.45, 2.75) is 6.42 Å². The van der Waals surface area contributed by atoms with Gasteiger partial charge in [-0.25, -0.2) is 0 Å². The molecule has 0 unspecified atom stereocenters. The molecule has 1 rings (SSSR count). The van der Waals surface area contributed by atoms with Gasteiger partial charge in [0.1, 0.15) is 5.75 Å². The van der Waals surface area contributed by atoms with Gasteiger partial charge in [-0.3, -0.25) is 4.98 Å². The van der Waals surface area contributed by atoms with Crippen LogP contribution in [0.15, 0.2) is 24.5 Å². The lowest BCUT2D eigenvalue weighted by atomic mass is 10.4. The van der Waals surface area contributed by atoms with Gasteiger partial charge in [0.25, 0.3) is 0 Å². The summed E-state index contributed by atoms with van der Waals surface area (Å²) in [5, 5.41) is 0.984. The Balaban J connectivity index is 2.28. The topological polar surface area (TPSA) is 22.1 Å². The molecule has 0 atom stereocenters. The van der Waals surface area contributed by atoms with Crippen molar-refractivity contribution in [2.24, 2.45) is 0 Å². The molecule has 0 N–H and O–H groups in total. The van der Waals surface area contributed by atoms with Crippen LogP contribution in [0.4, 0.5) is 0 Å². The normalized spacial score (nSPS) is 9.55. The lowest BCUT2D eigenvalue weighted by Crippen LogP contribution is -1.97. The van der Waals surface area contributed by atoms with Crippen molar-refractivity contribution >= 4 is 15.9 Å². The first-order valence-corrected chi connectivity index (χ1v) is 4.64. The molecule has 0 aromatic carbocycles. The number of pyridine rings is 1. The molecule has 0 fully saturated rings. The highest BCUT2D eigenvalue weighted by Crippen LogP contribution is 2.06. The van der Waals surface area contributed by atoms with E-state index >= 15 is 0 Å². The molecule has 0 spiro atoms. The Morgan fingerprint density at radius 3 is 2.73 bits per heavy atom. The molecule has 0 saturated carbocycles. The molecule has 0 aliphatic rings. The predicted octanol–water partition coefficient (Wildman–Crippen LogP) is 2.25. The fraction of sp³-hybridized carbons (Fsp3) is 0.375. The number of nitrogens with zero attached hydrogens (tertiary/aromatic N) is 1. The Labute approximate surface area is 74.7 Å². The average Bonchev–Trinajstić information content (AvgIpc) is 2.07. The Morgan fingerprint density at radius 2 is 2.09 bits per heavy atom. The smallest absolute Gasteiger partial charge is 0.122 e. The summed E-state index contributed by atoms with van der Waals surface area (Å²) in [6.45, 7) is 0.759. The van der Waals surface area contributed by atoms with Gasteiger partial charge in [-0.2, -0.15) is 0 Å². The van der Waals surface area contributed by atoms with E-state index in [9.17, 15) is 0 Å². The van der Waals surface area contributed by atoms with E-state index in [-0.39, 0.29) is 0 Å². The fourth-order valence-corrected chi connectivity index (χ4v) is 0.908. The van der Waals surface area contributed by atoms with E-state index in [0.29, 0.717) is 0 Å². The van der Waals surface area contributed by atoms with Gasteiger partial charge in [-0.1, -0.05) is 15.9 Å². The van der Waals surface area contributed by atoms with Crippen molar-refractivity contribution < 1.29 is 4.74 Å². The second kappa shape index (κ2) is 5.13. The molecule has 0 bridgehead atoms. The van der Waals surface area contributed by atoms with Gasteiger partial charge in [-0.05, 0) is 18.6 Å². The monoisotopic (exact) mass is 215 g/mol. The molecule has 1 heterocycles. The molecule has 3 heteroatoms. The van der Waals surface area contributed by atoms with Crippen molar-refractivity contribution in [1.29, 1.82) is 0 Å². The second-order valence-corrected chi connectivity index (χ2v) is 2.87. The van der Waals surface area contributed by atoms with Crippen LogP contribution in [0.1, 0.15) is 6.42 Å². The molecule has 0 aliphatic heterocycles. The number of halogens is 1. The molecule has 0 saturated heterocycles. The van der Waals surface area contributed by atoms with Crippen LogP contribution in [0.25, 0.3) is 0 Å². The Morgan fingerprint density at radius 1 is 1.36 bits per heavy atom. The number of ether oxygens (including phenoxy) is 1. The number of alkyl halides is 1. The van der Waals surface area contributed by atoms with Gasteiger partial charge in [-0.15, -0.1) is 0 Å². The third-order valence-electron chi connectivity index (χ3n) is 1.20. The van der Waals surface area contributed by atoms with Crippen LogP contribution in [0.5, 0.6) is 5.75 Å². The first kappa shape index (κ1) is 8.53. The highest BCUT2D eigenvalue weighted by atomic mass is 79.9. The van der Waals surface area contributed by atoms with Crippen LogP contribution in [0.3, 0.4) is 0 Å². The van der Waals surface area contributed by atoms with E-state index in [0.717, 1.165) is 24.1 Å². The molecule has 2 nitrogen and oxygen atoms in total. The third kappa shape index (κ3) is 3.37. The summed E-state index contributed by atoms with van der Waals surface area (Å²) >= 11 is 3.33. The standard InChI is InChI=1S/C8H10BrNO/c9-4-1-7-11-8-2-5-10-6-3-8/h2-3,5-6H,1,4,7H2. The van der Waals surface area contributed by atoms with Gasteiger partial charge in [0.15, 0.2) is 0 Å². The maximum absolute atomic E-state index is 5.38. The van der Waals surface area contributed by atoms with E-state index in [1.807, 2.05) is 12.1 Å². The summed E-state index contributed by atoms with van der Waals surface area (Å²) in [5.41, 5.74) is 0. The Hall–Kier alpha value is -0.570. The van der Waals surface area contributed by atoms with Gasteiger partial charge in [0, 0.05) is 17.7 Å². The van der Waals surface area contributed by atoms with Crippen molar-refractivity contribution in [3.63, 3.8) is 0 Å². The molecule has 0 radical (unpaired) electrons. The molecule has 11 heavy (non-hydrogen) atoms. The zero-order valence-corrected chi connectivity index (χ0v) is 7.75. The molecule has 1 aromatic rings. The van der Waals surface area contributed by atoms with Gasteiger partial charge in [0.2, 0.25) is 0 Å². The molecule has 60 valence electrons. The van der Waals surface area contributed by atoms with Crippen molar-refractivity contribution in [3.05, 3.63) is 24.5 Å². The zero-order valence-electron chi connectivity index (χ0n) is 6.16. The lowest BCUT2D eigenvalue weighted by molar-refractivity contribution is 0.319. The minimum absolute atomic E-state index is 0.759. The minimum atomic E-state index is 0.759. The average molecular weight is 216 g/mol. The number of rotatable bonds is 4. The summed E-state index contributed by atoms with van der Waals surface area (Å²) in [4.78, 5) is 3.88. The minimum Gasteiger partial charge on any atom is -0.493 e.